The molecule has 0 saturated carbocycles. The van der Waals surface area contributed by atoms with Gasteiger partial charge in [-0.15, -0.1) is 5.10 Å². The second kappa shape index (κ2) is 6.44. The molecular formula is C19H18N6O. The normalized spacial score (nSPS) is 12.3. The van der Waals surface area contributed by atoms with Crippen LogP contribution in [0, 0.1) is 0 Å². The van der Waals surface area contributed by atoms with E-state index in [-0.39, 0.29) is 0 Å². The minimum absolute atomic E-state index is 0.431. The lowest BCUT2D eigenvalue weighted by molar-refractivity contribution is -0.118. The number of aromatic nitrogens is 4. The number of carbonyl (C=O) groups is 1. The number of anilines is 1. The molecule has 1 amide bonds. The SMILES string of the molecule is CC[C@@H](Nc1nc2ccccc2c2nc(-c3ccccc3)nn12)C(N)=O. The van der Waals surface area contributed by atoms with Gasteiger partial charge in [0, 0.05) is 10.9 Å². The largest absolute Gasteiger partial charge is 0.368 e. The average Bonchev–Trinajstić information content (AvgIpc) is 3.12. The number of nitrogens with one attached hydrogen (secondary N) is 1. The predicted molar refractivity (Wildman–Crippen MR) is 101 cm³/mol. The van der Waals surface area contributed by atoms with Gasteiger partial charge in [-0.3, -0.25) is 4.79 Å². The van der Waals surface area contributed by atoms with Crippen molar-refractivity contribution in [2.75, 3.05) is 5.32 Å². The van der Waals surface area contributed by atoms with Gasteiger partial charge in [0.25, 0.3) is 0 Å². The highest BCUT2D eigenvalue weighted by Crippen LogP contribution is 2.24. The summed E-state index contributed by atoms with van der Waals surface area (Å²) in [4.78, 5) is 21.0. The summed E-state index contributed by atoms with van der Waals surface area (Å²) >= 11 is 0. The number of nitrogens with zero attached hydrogens (tertiary/aromatic N) is 4. The standard InChI is InChI=1S/C19H18N6O/c1-2-14(16(20)26)21-19-22-15-11-7-6-10-13(15)18-23-17(24-25(18)19)12-8-4-3-5-9-12/h3-11,14H,2H2,1H3,(H2,20,26)(H,21,22)/t14-/m1/s1. The molecule has 0 radical (unpaired) electrons. The predicted octanol–water partition coefficient (Wildman–Crippen LogP) is 2.62. The van der Waals surface area contributed by atoms with E-state index in [0.29, 0.717) is 23.8 Å². The molecule has 2 aromatic carbocycles. The molecule has 0 bridgehead atoms. The van der Waals surface area contributed by atoms with Crippen LogP contribution in [0.1, 0.15) is 13.3 Å². The molecule has 2 heterocycles. The molecule has 4 rings (SSSR count). The van der Waals surface area contributed by atoms with E-state index in [1.54, 1.807) is 4.52 Å². The molecule has 7 heteroatoms. The Morgan fingerprint density at radius 2 is 1.85 bits per heavy atom. The molecule has 0 saturated heterocycles. The van der Waals surface area contributed by atoms with Crippen molar-refractivity contribution in [1.29, 1.82) is 0 Å². The van der Waals surface area contributed by atoms with Gasteiger partial charge in [-0.05, 0) is 18.6 Å². The van der Waals surface area contributed by atoms with Crippen LogP contribution in [0.25, 0.3) is 27.9 Å². The number of hydrogen-bond donors (Lipinski definition) is 2. The topological polar surface area (TPSA) is 98.2 Å². The van der Waals surface area contributed by atoms with Crippen molar-refractivity contribution in [2.45, 2.75) is 19.4 Å². The van der Waals surface area contributed by atoms with Crippen molar-refractivity contribution in [2.24, 2.45) is 5.73 Å². The van der Waals surface area contributed by atoms with Gasteiger partial charge in [-0.1, -0.05) is 49.4 Å². The Labute approximate surface area is 149 Å². The fourth-order valence-corrected chi connectivity index (χ4v) is 2.89. The monoisotopic (exact) mass is 346 g/mol. The number of fused-ring (bicyclic) bond motifs is 3. The molecule has 0 unspecified atom stereocenters. The molecule has 0 aliphatic rings. The minimum atomic E-state index is -0.531. The number of rotatable bonds is 5. The van der Waals surface area contributed by atoms with Crippen molar-refractivity contribution >= 4 is 28.4 Å². The number of para-hydroxylation sites is 1. The third-order valence-electron chi connectivity index (χ3n) is 4.27. The number of nitrogens with two attached hydrogens (primary N) is 1. The highest BCUT2D eigenvalue weighted by atomic mass is 16.1. The van der Waals surface area contributed by atoms with Crippen LogP contribution < -0.4 is 11.1 Å². The zero-order valence-electron chi connectivity index (χ0n) is 14.3. The van der Waals surface area contributed by atoms with E-state index in [0.717, 1.165) is 16.5 Å². The fourth-order valence-electron chi connectivity index (χ4n) is 2.89. The summed E-state index contributed by atoms with van der Waals surface area (Å²) in [6.45, 7) is 1.89. The second-order valence-electron chi connectivity index (χ2n) is 6.00. The van der Waals surface area contributed by atoms with Crippen LogP contribution in [0.2, 0.25) is 0 Å². The first-order valence-electron chi connectivity index (χ1n) is 8.44. The van der Waals surface area contributed by atoms with Crippen molar-refractivity contribution in [3.8, 4) is 11.4 Å². The summed E-state index contributed by atoms with van der Waals surface area (Å²) in [6, 6.07) is 16.9. The van der Waals surface area contributed by atoms with Crippen LogP contribution >= 0.6 is 0 Å². The maximum atomic E-state index is 11.6. The minimum Gasteiger partial charge on any atom is -0.368 e. The van der Waals surface area contributed by atoms with Gasteiger partial charge in [-0.25, -0.2) is 9.97 Å². The Bertz CT molecular complexity index is 1090. The van der Waals surface area contributed by atoms with Crippen molar-refractivity contribution in [3.63, 3.8) is 0 Å². The highest BCUT2D eigenvalue weighted by Gasteiger charge is 2.18. The average molecular weight is 346 g/mol. The first-order chi connectivity index (χ1) is 12.7. The van der Waals surface area contributed by atoms with Gasteiger partial charge in [0.15, 0.2) is 11.5 Å². The lowest BCUT2D eigenvalue weighted by Crippen LogP contribution is -2.35. The zero-order valence-corrected chi connectivity index (χ0v) is 14.3. The Kier molecular flexibility index (Phi) is 3.96. The molecule has 4 aromatic rings. The number of benzene rings is 2. The second-order valence-corrected chi connectivity index (χ2v) is 6.00. The molecule has 2 aromatic heterocycles. The van der Waals surface area contributed by atoms with E-state index in [2.05, 4.69) is 15.4 Å². The lowest BCUT2D eigenvalue weighted by atomic mass is 10.2. The van der Waals surface area contributed by atoms with Gasteiger partial charge in [0.05, 0.1) is 5.52 Å². The molecule has 0 spiro atoms. The van der Waals surface area contributed by atoms with Crippen LogP contribution in [-0.4, -0.2) is 31.5 Å². The first kappa shape index (κ1) is 16.0. The van der Waals surface area contributed by atoms with Gasteiger partial charge in [0.1, 0.15) is 6.04 Å². The van der Waals surface area contributed by atoms with Crippen LogP contribution in [-0.2, 0) is 4.79 Å². The first-order valence-corrected chi connectivity index (χ1v) is 8.44. The van der Waals surface area contributed by atoms with E-state index in [9.17, 15) is 4.79 Å². The zero-order chi connectivity index (χ0) is 18.1. The van der Waals surface area contributed by atoms with Gasteiger partial charge < -0.3 is 11.1 Å². The summed E-state index contributed by atoms with van der Waals surface area (Å²) in [5.74, 6) is 0.608. The van der Waals surface area contributed by atoms with Gasteiger partial charge in [0.2, 0.25) is 11.9 Å². The Morgan fingerprint density at radius 1 is 1.12 bits per heavy atom. The molecule has 3 N–H and O–H groups in total. The van der Waals surface area contributed by atoms with E-state index < -0.39 is 11.9 Å². The molecule has 1 atom stereocenters. The summed E-state index contributed by atoms with van der Waals surface area (Å²) < 4.78 is 1.64. The van der Waals surface area contributed by atoms with Crippen LogP contribution in [0.5, 0.6) is 0 Å². The van der Waals surface area contributed by atoms with Crippen LogP contribution in [0.3, 0.4) is 0 Å². The van der Waals surface area contributed by atoms with Gasteiger partial charge >= 0.3 is 0 Å². The number of amides is 1. The van der Waals surface area contributed by atoms with E-state index in [4.69, 9.17) is 10.7 Å². The molecule has 0 aliphatic carbocycles. The number of carbonyl (C=O) groups excluding carboxylic acids is 1. The molecular weight excluding hydrogens is 328 g/mol. The lowest BCUT2D eigenvalue weighted by Gasteiger charge is -2.15. The maximum absolute atomic E-state index is 11.6. The van der Waals surface area contributed by atoms with E-state index in [1.807, 2.05) is 61.5 Å². The number of hydrogen-bond acceptors (Lipinski definition) is 5. The molecule has 0 aliphatic heterocycles. The Balaban J connectivity index is 1.94. The van der Waals surface area contributed by atoms with E-state index in [1.165, 1.54) is 0 Å². The van der Waals surface area contributed by atoms with Crippen molar-refractivity contribution < 1.29 is 4.79 Å². The Morgan fingerprint density at radius 3 is 2.58 bits per heavy atom. The summed E-state index contributed by atoms with van der Waals surface area (Å²) in [5, 5.41) is 8.60. The maximum Gasteiger partial charge on any atom is 0.239 e. The summed E-state index contributed by atoms with van der Waals surface area (Å²) in [7, 11) is 0. The van der Waals surface area contributed by atoms with Crippen molar-refractivity contribution in [1.82, 2.24) is 19.6 Å². The van der Waals surface area contributed by atoms with Crippen LogP contribution in [0.15, 0.2) is 54.6 Å². The molecule has 130 valence electrons. The van der Waals surface area contributed by atoms with Crippen LogP contribution in [0.4, 0.5) is 5.95 Å². The third kappa shape index (κ3) is 2.73. The summed E-state index contributed by atoms with van der Waals surface area (Å²) in [6.07, 6.45) is 0.547. The quantitative estimate of drug-likeness (QED) is 0.579. The molecule has 7 nitrogen and oxygen atoms in total. The van der Waals surface area contributed by atoms with Gasteiger partial charge in [-0.2, -0.15) is 4.52 Å². The Hall–Kier alpha value is -3.48. The summed E-state index contributed by atoms with van der Waals surface area (Å²) in [5.41, 5.74) is 7.83. The smallest absolute Gasteiger partial charge is 0.239 e. The third-order valence-corrected chi connectivity index (χ3v) is 4.27. The number of primary amides is 1. The van der Waals surface area contributed by atoms with E-state index >= 15 is 0 Å². The highest BCUT2D eigenvalue weighted by molar-refractivity contribution is 5.93. The molecule has 26 heavy (non-hydrogen) atoms. The molecule has 0 fully saturated rings. The fraction of sp³-hybridized carbons (Fsp3) is 0.158. The van der Waals surface area contributed by atoms with Crippen molar-refractivity contribution in [3.05, 3.63) is 54.6 Å².